The number of nitrogens with zero attached hydrogens (tertiary/aromatic N) is 1. The summed E-state index contributed by atoms with van der Waals surface area (Å²) in [6.07, 6.45) is 2.12. The lowest BCUT2D eigenvalue weighted by molar-refractivity contribution is 0.309. The summed E-state index contributed by atoms with van der Waals surface area (Å²) in [5.74, 6) is 0.659. The van der Waals surface area contributed by atoms with Gasteiger partial charge in [-0.2, -0.15) is 4.98 Å². The summed E-state index contributed by atoms with van der Waals surface area (Å²) in [7, 11) is 0. The average Bonchev–Trinajstić information content (AvgIpc) is 2.40. The molecule has 0 saturated carbocycles. The number of nitrogens with one attached hydrogen (secondary N) is 2. The highest BCUT2D eigenvalue weighted by Crippen LogP contribution is 2.18. The van der Waals surface area contributed by atoms with Gasteiger partial charge in [0.15, 0.2) is 0 Å². The van der Waals surface area contributed by atoms with Crippen LogP contribution in [0.1, 0.15) is 19.8 Å². The number of unbranched alkanes of at least 4 members (excludes halogenated alkanes) is 1. The van der Waals surface area contributed by atoms with E-state index in [0.717, 1.165) is 30.3 Å². The number of hydrogen-bond acceptors (Lipinski definition) is 5. The molecule has 1 aromatic heterocycles. The molecule has 2 aromatic rings. The Morgan fingerprint density at radius 3 is 2.75 bits per heavy atom. The molecule has 0 unspecified atom stereocenters. The number of H-pyrrole nitrogens is 1. The number of aromatic hydroxyl groups is 1. The van der Waals surface area contributed by atoms with Crippen molar-refractivity contribution in [2.24, 2.45) is 0 Å². The zero-order valence-corrected chi connectivity index (χ0v) is 11.2. The van der Waals surface area contributed by atoms with E-state index in [4.69, 9.17) is 4.74 Å². The number of anilines is 2. The highest BCUT2D eigenvalue weighted by molar-refractivity contribution is 5.54. The third-order valence-corrected chi connectivity index (χ3v) is 2.61. The first kappa shape index (κ1) is 13.9. The molecule has 0 bridgehead atoms. The molecule has 3 N–H and O–H groups in total. The summed E-state index contributed by atoms with van der Waals surface area (Å²) in [6.45, 7) is 2.81. The maximum Gasteiger partial charge on any atom is 0.256 e. The Morgan fingerprint density at radius 2 is 2.10 bits per heavy atom. The van der Waals surface area contributed by atoms with Crippen LogP contribution in [0.4, 0.5) is 11.6 Å². The first-order valence-corrected chi connectivity index (χ1v) is 6.47. The highest BCUT2D eigenvalue weighted by Gasteiger charge is 2.01. The minimum atomic E-state index is -0.417. The summed E-state index contributed by atoms with van der Waals surface area (Å²) in [4.78, 5) is 17.4. The topological polar surface area (TPSA) is 87.2 Å². The monoisotopic (exact) mass is 275 g/mol. The van der Waals surface area contributed by atoms with Crippen LogP contribution >= 0.6 is 0 Å². The van der Waals surface area contributed by atoms with Gasteiger partial charge in [0, 0.05) is 5.69 Å². The second-order valence-electron chi connectivity index (χ2n) is 4.30. The first-order chi connectivity index (χ1) is 9.67. The van der Waals surface area contributed by atoms with E-state index in [9.17, 15) is 9.90 Å². The average molecular weight is 275 g/mol. The van der Waals surface area contributed by atoms with E-state index in [1.165, 1.54) is 0 Å². The predicted octanol–water partition coefficient (Wildman–Crippen LogP) is 2.40. The first-order valence-electron chi connectivity index (χ1n) is 6.47. The fraction of sp³-hybridized carbons (Fsp3) is 0.286. The number of aromatic nitrogens is 2. The van der Waals surface area contributed by atoms with E-state index in [0.29, 0.717) is 6.61 Å². The number of hydrogen-bond donors (Lipinski definition) is 3. The van der Waals surface area contributed by atoms with Crippen LogP contribution in [0.5, 0.6) is 11.6 Å². The second-order valence-corrected chi connectivity index (χ2v) is 4.30. The van der Waals surface area contributed by atoms with Crippen molar-refractivity contribution in [3.05, 3.63) is 40.7 Å². The van der Waals surface area contributed by atoms with Gasteiger partial charge in [0.2, 0.25) is 11.8 Å². The van der Waals surface area contributed by atoms with Crippen LogP contribution in [0.25, 0.3) is 0 Å². The van der Waals surface area contributed by atoms with Crippen LogP contribution in [-0.4, -0.2) is 21.7 Å². The number of rotatable bonds is 6. The van der Waals surface area contributed by atoms with Crippen LogP contribution in [0.15, 0.2) is 35.1 Å². The lowest BCUT2D eigenvalue weighted by Crippen LogP contribution is -2.08. The molecule has 0 spiro atoms. The molecule has 0 aliphatic carbocycles. The summed E-state index contributed by atoms with van der Waals surface area (Å²) in [6, 6.07) is 8.30. The molecule has 0 amide bonds. The summed E-state index contributed by atoms with van der Waals surface area (Å²) < 4.78 is 5.55. The van der Waals surface area contributed by atoms with Crippen molar-refractivity contribution in [1.82, 2.24) is 9.97 Å². The molecule has 0 aliphatic heterocycles. The van der Waals surface area contributed by atoms with Crippen LogP contribution in [-0.2, 0) is 0 Å². The summed E-state index contributed by atoms with van der Waals surface area (Å²) in [5, 5.41) is 12.1. The molecule has 1 heterocycles. The van der Waals surface area contributed by atoms with Crippen molar-refractivity contribution in [3.8, 4) is 11.6 Å². The smallest absolute Gasteiger partial charge is 0.256 e. The lowest BCUT2D eigenvalue weighted by Gasteiger charge is -2.08. The molecular weight excluding hydrogens is 258 g/mol. The zero-order chi connectivity index (χ0) is 14.4. The molecule has 0 radical (unpaired) electrons. The second kappa shape index (κ2) is 6.60. The molecule has 6 heteroatoms. The fourth-order valence-electron chi connectivity index (χ4n) is 1.61. The van der Waals surface area contributed by atoms with Gasteiger partial charge in [-0.1, -0.05) is 13.3 Å². The highest BCUT2D eigenvalue weighted by atomic mass is 16.5. The van der Waals surface area contributed by atoms with Gasteiger partial charge in [-0.05, 0) is 30.7 Å². The van der Waals surface area contributed by atoms with Crippen LogP contribution in [0.3, 0.4) is 0 Å². The van der Waals surface area contributed by atoms with Gasteiger partial charge >= 0.3 is 0 Å². The Labute approximate surface area is 116 Å². The third kappa shape index (κ3) is 4.01. The van der Waals surface area contributed by atoms with E-state index in [1.807, 2.05) is 24.3 Å². The molecular formula is C14H17N3O3. The Kier molecular flexibility index (Phi) is 4.60. The van der Waals surface area contributed by atoms with Crippen molar-refractivity contribution in [2.75, 3.05) is 11.9 Å². The quantitative estimate of drug-likeness (QED) is 0.705. The molecule has 106 valence electrons. The summed E-state index contributed by atoms with van der Waals surface area (Å²) >= 11 is 0. The largest absolute Gasteiger partial charge is 0.494 e. The number of ether oxygens (including phenoxy) is 1. The van der Waals surface area contributed by atoms with Crippen LogP contribution < -0.4 is 15.6 Å². The van der Waals surface area contributed by atoms with Gasteiger partial charge in [-0.15, -0.1) is 0 Å². The van der Waals surface area contributed by atoms with Crippen molar-refractivity contribution >= 4 is 11.6 Å². The molecule has 0 saturated heterocycles. The van der Waals surface area contributed by atoms with Crippen LogP contribution in [0, 0.1) is 0 Å². The zero-order valence-electron chi connectivity index (χ0n) is 11.2. The lowest BCUT2D eigenvalue weighted by atomic mass is 10.3. The third-order valence-electron chi connectivity index (χ3n) is 2.61. The normalized spacial score (nSPS) is 10.2. The van der Waals surface area contributed by atoms with Gasteiger partial charge in [-0.25, -0.2) is 0 Å². The molecule has 20 heavy (non-hydrogen) atoms. The molecule has 6 nitrogen and oxygen atoms in total. The standard InChI is InChI=1S/C14H17N3O3/c1-2-3-8-20-11-6-4-10(5-7-11)15-14-16-12(18)9-13(19)17-14/h4-7,9H,2-3,8H2,1H3,(H3,15,16,17,18,19). The van der Waals surface area contributed by atoms with Crippen molar-refractivity contribution < 1.29 is 9.84 Å². The molecule has 1 aromatic carbocycles. The molecule has 0 aliphatic rings. The van der Waals surface area contributed by atoms with Gasteiger partial charge in [-0.3, -0.25) is 9.78 Å². The van der Waals surface area contributed by atoms with Crippen molar-refractivity contribution in [3.63, 3.8) is 0 Å². The molecule has 0 atom stereocenters. The summed E-state index contributed by atoms with van der Waals surface area (Å²) in [5.41, 5.74) is 0.320. The van der Waals surface area contributed by atoms with E-state index in [-0.39, 0.29) is 11.8 Å². The number of aromatic amines is 1. The van der Waals surface area contributed by atoms with E-state index >= 15 is 0 Å². The van der Waals surface area contributed by atoms with Crippen molar-refractivity contribution in [1.29, 1.82) is 0 Å². The maximum atomic E-state index is 11.2. The molecule has 2 rings (SSSR count). The predicted molar refractivity (Wildman–Crippen MR) is 76.7 cm³/mol. The minimum absolute atomic E-state index is 0.189. The van der Waals surface area contributed by atoms with Crippen molar-refractivity contribution in [2.45, 2.75) is 19.8 Å². The van der Waals surface area contributed by atoms with E-state index in [1.54, 1.807) is 0 Å². The number of benzene rings is 1. The van der Waals surface area contributed by atoms with Crippen LogP contribution in [0.2, 0.25) is 0 Å². The maximum absolute atomic E-state index is 11.2. The molecule has 0 fully saturated rings. The van der Waals surface area contributed by atoms with Gasteiger partial charge < -0.3 is 15.2 Å². The Balaban J connectivity index is 2.01. The minimum Gasteiger partial charge on any atom is -0.494 e. The van der Waals surface area contributed by atoms with Gasteiger partial charge in [0.1, 0.15) is 5.75 Å². The van der Waals surface area contributed by atoms with E-state index in [2.05, 4.69) is 22.2 Å². The SMILES string of the molecule is CCCCOc1ccc(Nc2nc(O)cc(=O)[nH]2)cc1. The fourth-order valence-corrected chi connectivity index (χ4v) is 1.61. The van der Waals surface area contributed by atoms with Gasteiger partial charge in [0.05, 0.1) is 12.7 Å². The Hall–Kier alpha value is -2.50. The van der Waals surface area contributed by atoms with E-state index < -0.39 is 5.56 Å². The Bertz CT molecular complexity index is 608. The van der Waals surface area contributed by atoms with Gasteiger partial charge in [0.25, 0.3) is 5.56 Å². The Morgan fingerprint density at radius 1 is 1.35 bits per heavy atom.